The van der Waals surface area contributed by atoms with Crippen molar-refractivity contribution in [3.05, 3.63) is 47.7 Å². The van der Waals surface area contributed by atoms with Crippen molar-refractivity contribution >= 4 is 21.5 Å². The van der Waals surface area contributed by atoms with Crippen LogP contribution in [0.1, 0.15) is 5.56 Å². The van der Waals surface area contributed by atoms with Crippen molar-refractivity contribution in [3.63, 3.8) is 0 Å². The Morgan fingerprint density at radius 3 is 2.60 bits per heavy atom. The van der Waals surface area contributed by atoms with Crippen LogP contribution in [0.3, 0.4) is 0 Å². The maximum Gasteiger partial charge on any atom is 0.266 e. The molecule has 3 N–H and O–H groups in total. The summed E-state index contributed by atoms with van der Waals surface area (Å²) in [5, 5.41) is 0. The van der Waals surface area contributed by atoms with Gasteiger partial charge in [-0.05, 0) is 36.8 Å². The number of nitrogens with zero attached hydrogens (tertiary/aromatic N) is 1. The van der Waals surface area contributed by atoms with Crippen LogP contribution in [-0.2, 0) is 10.0 Å². The van der Waals surface area contributed by atoms with E-state index >= 15 is 0 Å². The number of nitrogen functional groups attached to an aromatic ring is 1. The molecule has 0 saturated heterocycles. The SMILES string of the molecule is Cc1cc(N)cnc1NS(=O)(=O)c1cc(F)ccc1F. The van der Waals surface area contributed by atoms with Crippen LogP contribution < -0.4 is 10.5 Å². The van der Waals surface area contributed by atoms with Crippen molar-refractivity contribution in [1.82, 2.24) is 4.98 Å². The maximum atomic E-state index is 13.5. The van der Waals surface area contributed by atoms with E-state index in [0.29, 0.717) is 17.3 Å². The van der Waals surface area contributed by atoms with Gasteiger partial charge in [0.15, 0.2) is 0 Å². The van der Waals surface area contributed by atoms with Crippen molar-refractivity contribution in [1.29, 1.82) is 0 Å². The zero-order valence-corrected chi connectivity index (χ0v) is 11.2. The highest BCUT2D eigenvalue weighted by atomic mass is 32.2. The minimum Gasteiger partial charge on any atom is -0.397 e. The molecule has 0 aliphatic carbocycles. The minimum absolute atomic E-state index is 0.00265. The van der Waals surface area contributed by atoms with E-state index in [-0.39, 0.29) is 5.82 Å². The number of nitrogens with two attached hydrogens (primary N) is 1. The number of pyridine rings is 1. The lowest BCUT2D eigenvalue weighted by Gasteiger charge is -2.10. The van der Waals surface area contributed by atoms with E-state index in [2.05, 4.69) is 9.71 Å². The van der Waals surface area contributed by atoms with Gasteiger partial charge in [-0.25, -0.2) is 22.2 Å². The van der Waals surface area contributed by atoms with E-state index in [4.69, 9.17) is 5.73 Å². The standard InChI is InChI=1S/C12H11F2N3O2S/c1-7-4-9(15)6-16-12(7)17-20(18,19)11-5-8(13)2-3-10(11)14/h2-6H,15H2,1H3,(H,16,17). The fraction of sp³-hybridized carbons (Fsp3) is 0.0833. The van der Waals surface area contributed by atoms with Crippen LogP contribution in [0.5, 0.6) is 0 Å². The van der Waals surface area contributed by atoms with Gasteiger partial charge in [0.05, 0.1) is 11.9 Å². The molecular formula is C12H11F2N3O2S. The van der Waals surface area contributed by atoms with Gasteiger partial charge < -0.3 is 5.73 Å². The number of anilines is 2. The number of sulfonamides is 1. The molecule has 0 saturated carbocycles. The Balaban J connectivity index is 2.43. The molecule has 5 nitrogen and oxygen atoms in total. The van der Waals surface area contributed by atoms with E-state index < -0.39 is 26.6 Å². The highest BCUT2D eigenvalue weighted by Gasteiger charge is 2.21. The maximum absolute atomic E-state index is 13.5. The van der Waals surface area contributed by atoms with Crippen molar-refractivity contribution in [3.8, 4) is 0 Å². The zero-order valence-electron chi connectivity index (χ0n) is 10.4. The Bertz CT molecular complexity index is 763. The normalized spacial score (nSPS) is 11.3. The van der Waals surface area contributed by atoms with E-state index in [1.165, 1.54) is 12.3 Å². The summed E-state index contributed by atoms with van der Waals surface area (Å²) >= 11 is 0. The molecule has 0 atom stereocenters. The van der Waals surface area contributed by atoms with Crippen LogP contribution in [-0.4, -0.2) is 13.4 Å². The van der Waals surface area contributed by atoms with Crippen molar-refractivity contribution in [2.24, 2.45) is 0 Å². The Labute approximate surface area is 114 Å². The molecule has 20 heavy (non-hydrogen) atoms. The molecule has 1 aromatic heterocycles. The summed E-state index contributed by atoms with van der Waals surface area (Å²) in [5.41, 5.74) is 6.32. The highest BCUT2D eigenvalue weighted by Crippen LogP contribution is 2.21. The fourth-order valence-corrected chi connectivity index (χ4v) is 2.74. The average Bonchev–Trinajstić information content (AvgIpc) is 2.35. The third-order valence-electron chi connectivity index (χ3n) is 2.51. The van der Waals surface area contributed by atoms with Crippen LogP contribution in [0.25, 0.3) is 0 Å². The number of benzene rings is 1. The van der Waals surface area contributed by atoms with Gasteiger partial charge in [0, 0.05) is 0 Å². The molecule has 0 aliphatic rings. The molecule has 0 radical (unpaired) electrons. The van der Waals surface area contributed by atoms with E-state index in [1.807, 2.05) is 0 Å². The zero-order chi connectivity index (χ0) is 14.9. The third kappa shape index (κ3) is 2.85. The van der Waals surface area contributed by atoms with E-state index in [0.717, 1.165) is 12.1 Å². The summed E-state index contributed by atoms with van der Waals surface area (Å²) in [6, 6.07) is 3.69. The first kappa shape index (κ1) is 14.2. The molecule has 1 aromatic carbocycles. The summed E-state index contributed by atoms with van der Waals surface area (Å²) < 4.78 is 52.7. The summed E-state index contributed by atoms with van der Waals surface area (Å²) in [6.45, 7) is 1.59. The Morgan fingerprint density at radius 1 is 1.25 bits per heavy atom. The topological polar surface area (TPSA) is 85.1 Å². The Kier molecular flexibility index (Phi) is 3.58. The first-order valence-electron chi connectivity index (χ1n) is 5.49. The van der Waals surface area contributed by atoms with Crippen LogP contribution in [0.15, 0.2) is 35.4 Å². The summed E-state index contributed by atoms with van der Waals surface area (Å²) in [4.78, 5) is 3.03. The van der Waals surface area contributed by atoms with Crippen molar-refractivity contribution < 1.29 is 17.2 Å². The molecule has 106 valence electrons. The molecule has 2 aromatic rings. The van der Waals surface area contributed by atoms with Gasteiger partial charge in [-0.1, -0.05) is 0 Å². The number of aromatic nitrogens is 1. The largest absolute Gasteiger partial charge is 0.397 e. The smallest absolute Gasteiger partial charge is 0.266 e. The summed E-state index contributed by atoms with van der Waals surface area (Å²) in [5.74, 6) is -1.90. The molecule has 0 bridgehead atoms. The molecule has 0 unspecified atom stereocenters. The van der Waals surface area contributed by atoms with Crippen molar-refractivity contribution in [2.45, 2.75) is 11.8 Å². The number of nitrogens with one attached hydrogen (secondary N) is 1. The predicted octanol–water partition coefficient (Wildman–Crippen LogP) is 2.05. The first-order chi connectivity index (χ1) is 9.29. The molecular weight excluding hydrogens is 288 g/mol. The molecule has 8 heteroatoms. The van der Waals surface area contributed by atoms with Gasteiger partial charge in [0.1, 0.15) is 22.3 Å². The van der Waals surface area contributed by atoms with Crippen LogP contribution in [0, 0.1) is 18.6 Å². The number of halogens is 2. The van der Waals surface area contributed by atoms with Crippen LogP contribution >= 0.6 is 0 Å². The molecule has 0 spiro atoms. The number of hydrogen-bond donors (Lipinski definition) is 2. The number of aryl methyl sites for hydroxylation is 1. The van der Waals surface area contributed by atoms with E-state index in [9.17, 15) is 17.2 Å². The van der Waals surface area contributed by atoms with Gasteiger partial charge in [0.25, 0.3) is 10.0 Å². The monoisotopic (exact) mass is 299 g/mol. The van der Waals surface area contributed by atoms with Gasteiger partial charge in [-0.15, -0.1) is 0 Å². The third-order valence-corrected chi connectivity index (χ3v) is 3.87. The molecule has 2 rings (SSSR count). The van der Waals surface area contributed by atoms with Gasteiger partial charge in [0.2, 0.25) is 0 Å². The second-order valence-electron chi connectivity index (χ2n) is 4.11. The average molecular weight is 299 g/mol. The van der Waals surface area contributed by atoms with Crippen LogP contribution in [0.2, 0.25) is 0 Å². The molecule has 0 amide bonds. The lowest BCUT2D eigenvalue weighted by atomic mass is 10.3. The first-order valence-corrected chi connectivity index (χ1v) is 6.98. The van der Waals surface area contributed by atoms with E-state index in [1.54, 1.807) is 6.92 Å². The summed E-state index contributed by atoms with van der Waals surface area (Å²) in [7, 11) is -4.27. The minimum atomic E-state index is -4.27. The molecule has 0 aliphatic heterocycles. The van der Waals surface area contributed by atoms with Gasteiger partial charge in [-0.3, -0.25) is 4.72 Å². The second kappa shape index (κ2) is 5.04. The predicted molar refractivity (Wildman–Crippen MR) is 70.6 cm³/mol. The fourth-order valence-electron chi connectivity index (χ4n) is 1.57. The molecule has 0 fully saturated rings. The van der Waals surface area contributed by atoms with Gasteiger partial charge in [-0.2, -0.15) is 0 Å². The highest BCUT2D eigenvalue weighted by molar-refractivity contribution is 7.92. The lowest BCUT2D eigenvalue weighted by Crippen LogP contribution is -2.16. The Hall–Kier alpha value is -2.22. The number of rotatable bonds is 3. The lowest BCUT2D eigenvalue weighted by molar-refractivity contribution is 0.555. The Morgan fingerprint density at radius 2 is 1.95 bits per heavy atom. The van der Waals surface area contributed by atoms with Crippen LogP contribution in [0.4, 0.5) is 20.3 Å². The quantitative estimate of drug-likeness (QED) is 0.908. The van der Waals surface area contributed by atoms with Gasteiger partial charge >= 0.3 is 0 Å². The second-order valence-corrected chi connectivity index (χ2v) is 5.77. The van der Waals surface area contributed by atoms with Crippen molar-refractivity contribution in [2.75, 3.05) is 10.5 Å². The molecule has 1 heterocycles. The number of hydrogen-bond acceptors (Lipinski definition) is 4. The summed E-state index contributed by atoms with van der Waals surface area (Å²) in [6.07, 6.45) is 1.26.